The SMILES string of the molecule is CC(C)(C)c1ccc(-c2cc3c(cc2F)c(=O)c2c(=O)[nH]sc2n3C2CC2)cc1. The molecule has 0 spiro atoms. The van der Waals surface area contributed by atoms with Crippen molar-refractivity contribution < 1.29 is 4.39 Å². The van der Waals surface area contributed by atoms with Gasteiger partial charge in [0.25, 0.3) is 5.56 Å². The summed E-state index contributed by atoms with van der Waals surface area (Å²) >= 11 is 1.18. The lowest BCUT2D eigenvalue weighted by Gasteiger charge is -2.19. The highest BCUT2D eigenvalue weighted by Crippen LogP contribution is 2.41. The van der Waals surface area contributed by atoms with E-state index in [4.69, 9.17) is 0 Å². The lowest BCUT2D eigenvalue weighted by molar-refractivity contribution is 0.590. The van der Waals surface area contributed by atoms with Crippen molar-refractivity contribution in [1.82, 2.24) is 8.94 Å². The lowest BCUT2D eigenvalue weighted by atomic mass is 9.86. The largest absolute Gasteiger partial charge is 0.328 e. The number of fused-ring (bicyclic) bond motifs is 2. The van der Waals surface area contributed by atoms with Crippen LogP contribution in [0.15, 0.2) is 46.0 Å². The Hall–Kier alpha value is -2.73. The van der Waals surface area contributed by atoms with Gasteiger partial charge in [-0.05, 0) is 53.0 Å². The van der Waals surface area contributed by atoms with Crippen molar-refractivity contribution in [3.05, 3.63) is 68.4 Å². The van der Waals surface area contributed by atoms with E-state index < -0.39 is 16.8 Å². The van der Waals surface area contributed by atoms with Crippen molar-refractivity contribution in [1.29, 1.82) is 0 Å². The van der Waals surface area contributed by atoms with Gasteiger partial charge in [-0.25, -0.2) is 4.39 Å². The number of benzene rings is 2. The van der Waals surface area contributed by atoms with Crippen LogP contribution in [0.4, 0.5) is 4.39 Å². The fourth-order valence-corrected chi connectivity index (χ4v) is 4.84. The van der Waals surface area contributed by atoms with Gasteiger partial charge in [-0.15, -0.1) is 0 Å². The molecule has 0 aliphatic heterocycles. The van der Waals surface area contributed by atoms with Crippen LogP contribution < -0.4 is 11.0 Å². The number of hydrogen-bond acceptors (Lipinski definition) is 3. The van der Waals surface area contributed by atoms with E-state index in [2.05, 4.69) is 25.1 Å². The Morgan fingerprint density at radius 1 is 1.10 bits per heavy atom. The minimum absolute atomic E-state index is 0.0181. The molecule has 0 saturated heterocycles. The average Bonchev–Trinajstić information content (AvgIpc) is 3.43. The number of rotatable bonds is 2. The molecule has 6 heteroatoms. The molecule has 2 heterocycles. The summed E-state index contributed by atoms with van der Waals surface area (Å²) in [7, 11) is 0. The molecule has 4 aromatic rings. The highest BCUT2D eigenvalue weighted by molar-refractivity contribution is 7.12. The molecule has 2 aromatic carbocycles. The second-order valence-electron chi connectivity index (χ2n) is 8.82. The molecule has 2 aromatic heterocycles. The monoisotopic (exact) mass is 408 g/mol. The molecule has 0 radical (unpaired) electrons. The van der Waals surface area contributed by atoms with Crippen molar-refractivity contribution in [2.75, 3.05) is 0 Å². The topological polar surface area (TPSA) is 54.9 Å². The molecule has 4 nitrogen and oxygen atoms in total. The maximum absolute atomic E-state index is 15.1. The molecule has 29 heavy (non-hydrogen) atoms. The Labute approximate surface area is 170 Å². The summed E-state index contributed by atoms with van der Waals surface area (Å²) in [5.41, 5.74) is 2.33. The molecule has 0 bridgehead atoms. The summed E-state index contributed by atoms with van der Waals surface area (Å²) < 4.78 is 19.8. The highest BCUT2D eigenvalue weighted by Gasteiger charge is 2.29. The molecule has 5 rings (SSSR count). The normalized spacial score (nSPS) is 14.8. The highest BCUT2D eigenvalue weighted by atomic mass is 32.1. The number of aromatic nitrogens is 2. The summed E-state index contributed by atoms with van der Waals surface area (Å²) in [5.74, 6) is -0.452. The zero-order valence-electron chi connectivity index (χ0n) is 16.5. The molecule has 0 unspecified atom stereocenters. The summed E-state index contributed by atoms with van der Waals surface area (Å²) in [4.78, 5) is 25.7. The number of hydrogen-bond donors (Lipinski definition) is 1. The maximum Gasteiger partial charge on any atom is 0.271 e. The number of pyridine rings is 1. The quantitative estimate of drug-likeness (QED) is 0.487. The van der Waals surface area contributed by atoms with Crippen LogP contribution in [0.25, 0.3) is 32.2 Å². The summed E-state index contributed by atoms with van der Waals surface area (Å²) in [5, 5.41) is 0.400. The van der Waals surface area contributed by atoms with Crippen molar-refractivity contribution in [3.63, 3.8) is 0 Å². The van der Waals surface area contributed by atoms with E-state index in [1.165, 1.54) is 23.2 Å². The summed E-state index contributed by atoms with van der Waals surface area (Å²) in [6, 6.07) is 11.2. The summed E-state index contributed by atoms with van der Waals surface area (Å²) in [6.07, 6.45) is 1.98. The number of aromatic amines is 1. The van der Waals surface area contributed by atoms with Crippen molar-refractivity contribution in [3.8, 4) is 11.1 Å². The third-order valence-electron chi connectivity index (χ3n) is 5.69. The fourth-order valence-electron chi connectivity index (χ4n) is 3.92. The van der Waals surface area contributed by atoms with Crippen LogP contribution in [0.2, 0.25) is 0 Å². The molecule has 1 aliphatic carbocycles. The Morgan fingerprint density at radius 2 is 1.79 bits per heavy atom. The first-order chi connectivity index (χ1) is 13.8. The fraction of sp³-hybridized carbons (Fsp3) is 0.304. The Kier molecular flexibility index (Phi) is 3.87. The van der Waals surface area contributed by atoms with E-state index in [-0.39, 0.29) is 22.2 Å². The molecule has 148 valence electrons. The first-order valence-corrected chi connectivity index (χ1v) is 10.6. The maximum atomic E-state index is 15.1. The number of H-pyrrole nitrogens is 1. The van der Waals surface area contributed by atoms with Gasteiger partial charge in [0.05, 0.1) is 5.52 Å². The Morgan fingerprint density at radius 3 is 2.41 bits per heavy atom. The molecular weight excluding hydrogens is 387 g/mol. The minimum atomic E-state index is -0.452. The van der Waals surface area contributed by atoms with E-state index >= 15 is 4.39 Å². The van der Waals surface area contributed by atoms with Crippen LogP contribution in [0.5, 0.6) is 0 Å². The van der Waals surface area contributed by atoms with E-state index in [0.29, 0.717) is 15.9 Å². The molecule has 1 aliphatic rings. The zero-order valence-corrected chi connectivity index (χ0v) is 17.3. The third kappa shape index (κ3) is 2.85. The van der Waals surface area contributed by atoms with Crippen LogP contribution in [-0.4, -0.2) is 8.94 Å². The number of nitrogens with zero attached hydrogens (tertiary/aromatic N) is 1. The molecule has 1 N–H and O–H groups in total. The van der Waals surface area contributed by atoms with Crippen LogP contribution in [0, 0.1) is 5.82 Å². The van der Waals surface area contributed by atoms with Gasteiger partial charge in [0.15, 0.2) is 0 Å². The predicted molar refractivity (Wildman–Crippen MR) is 117 cm³/mol. The standard InChI is InChI=1S/C23H21FN2O2S/c1-23(2,3)13-6-4-12(5-7-13)15-11-18-16(10-17(15)24)20(27)19-21(28)25-29-22(19)26(18)14-8-9-14/h4-7,10-11,14H,8-9H2,1-3H3,(H,25,28). The first kappa shape index (κ1) is 18.3. The molecule has 0 atom stereocenters. The van der Waals surface area contributed by atoms with Crippen molar-refractivity contribution >= 4 is 32.7 Å². The van der Waals surface area contributed by atoms with Crippen LogP contribution >= 0.6 is 11.5 Å². The second-order valence-corrected chi connectivity index (χ2v) is 9.62. The van der Waals surface area contributed by atoms with Crippen LogP contribution in [0.3, 0.4) is 0 Å². The second kappa shape index (κ2) is 6.13. The van der Waals surface area contributed by atoms with Gasteiger partial charge in [-0.1, -0.05) is 45.0 Å². The van der Waals surface area contributed by atoms with Gasteiger partial charge < -0.3 is 4.57 Å². The summed E-state index contributed by atoms with van der Waals surface area (Å²) in [6.45, 7) is 6.42. The number of nitrogens with one attached hydrogen (secondary N) is 1. The van der Waals surface area contributed by atoms with E-state index in [1.807, 2.05) is 28.8 Å². The van der Waals surface area contributed by atoms with Gasteiger partial charge in [-0.2, -0.15) is 0 Å². The molecule has 1 fully saturated rings. The van der Waals surface area contributed by atoms with Crippen LogP contribution in [-0.2, 0) is 5.41 Å². The Balaban J connectivity index is 1.80. The van der Waals surface area contributed by atoms with E-state index in [0.717, 1.165) is 18.4 Å². The van der Waals surface area contributed by atoms with Crippen LogP contribution in [0.1, 0.15) is 45.2 Å². The molecule has 1 saturated carbocycles. The Bertz CT molecular complexity index is 1380. The number of halogens is 1. The first-order valence-electron chi connectivity index (χ1n) is 9.75. The van der Waals surface area contributed by atoms with Gasteiger partial charge in [0.1, 0.15) is 16.0 Å². The third-order valence-corrected chi connectivity index (χ3v) is 6.57. The molecular formula is C23H21FN2O2S. The van der Waals surface area contributed by atoms with Crippen molar-refractivity contribution in [2.45, 2.75) is 45.1 Å². The van der Waals surface area contributed by atoms with E-state index in [1.54, 1.807) is 6.07 Å². The minimum Gasteiger partial charge on any atom is -0.328 e. The van der Waals surface area contributed by atoms with E-state index in [9.17, 15) is 9.59 Å². The van der Waals surface area contributed by atoms with Gasteiger partial charge in [0, 0.05) is 17.0 Å². The zero-order chi connectivity index (χ0) is 20.5. The van der Waals surface area contributed by atoms with Gasteiger partial charge in [-0.3, -0.25) is 14.0 Å². The van der Waals surface area contributed by atoms with Crippen molar-refractivity contribution in [2.24, 2.45) is 0 Å². The smallest absolute Gasteiger partial charge is 0.271 e. The van der Waals surface area contributed by atoms with Gasteiger partial charge in [0.2, 0.25) is 5.43 Å². The predicted octanol–water partition coefficient (Wildman–Crippen LogP) is 5.34. The average molecular weight is 408 g/mol. The van der Waals surface area contributed by atoms with Gasteiger partial charge >= 0.3 is 0 Å². The molecule has 0 amide bonds. The lowest BCUT2D eigenvalue weighted by Crippen LogP contribution is -2.15.